The van der Waals surface area contributed by atoms with Crippen LogP contribution in [0.5, 0.6) is 5.75 Å². The maximum atomic E-state index is 12.4. The second-order valence-corrected chi connectivity index (χ2v) is 8.27. The third-order valence-corrected chi connectivity index (χ3v) is 6.33. The molecule has 1 aromatic heterocycles. The molecule has 3 aromatic rings. The van der Waals surface area contributed by atoms with Gasteiger partial charge in [0.2, 0.25) is 0 Å². The monoisotopic (exact) mass is 480 g/mol. The second kappa shape index (κ2) is 10.00. The minimum Gasteiger partial charge on any atom is -0.495 e. The van der Waals surface area contributed by atoms with Gasteiger partial charge >= 0.3 is 5.97 Å². The number of hydrogen-bond acceptors (Lipinski definition) is 6. The summed E-state index contributed by atoms with van der Waals surface area (Å²) in [4.78, 5) is 36.7. The number of esters is 1. The molecule has 0 spiro atoms. The molecule has 0 radical (unpaired) electrons. The van der Waals surface area contributed by atoms with E-state index in [-0.39, 0.29) is 0 Å². The van der Waals surface area contributed by atoms with Crippen LogP contribution in [0.15, 0.2) is 36.4 Å². The number of halogens is 2. The van der Waals surface area contributed by atoms with Crippen LogP contribution in [0.2, 0.25) is 10.0 Å². The molecule has 2 N–H and O–H groups in total. The molecule has 7 nitrogen and oxygen atoms in total. The van der Waals surface area contributed by atoms with Gasteiger partial charge in [-0.1, -0.05) is 41.4 Å². The van der Waals surface area contributed by atoms with E-state index in [0.29, 0.717) is 26.4 Å². The van der Waals surface area contributed by atoms with Crippen LogP contribution < -0.4 is 15.4 Å². The molecular formula is C21H18Cl2N2O5S. The Morgan fingerprint density at radius 3 is 2.58 bits per heavy atom. The molecule has 1 heterocycles. The van der Waals surface area contributed by atoms with E-state index in [9.17, 15) is 14.4 Å². The fourth-order valence-electron chi connectivity index (χ4n) is 2.71. The Morgan fingerprint density at radius 2 is 1.87 bits per heavy atom. The first kappa shape index (κ1) is 22.9. The molecule has 0 aliphatic heterocycles. The maximum absolute atomic E-state index is 12.4. The quantitative estimate of drug-likeness (QED) is 0.487. The van der Waals surface area contributed by atoms with Gasteiger partial charge in [-0.05, 0) is 24.6 Å². The van der Waals surface area contributed by atoms with Crippen molar-refractivity contribution < 1.29 is 23.9 Å². The van der Waals surface area contributed by atoms with Gasteiger partial charge in [0.05, 0.1) is 17.8 Å². The Balaban J connectivity index is 1.51. The highest BCUT2D eigenvalue weighted by atomic mass is 35.5. The summed E-state index contributed by atoms with van der Waals surface area (Å²) in [5, 5.41) is 6.64. The van der Waals surface area contributed by atoms with Crippen LogP contribution in [0, 0.1) is 6.92 Å². The summed E-state index contributed by atoms with van der Waals surface area (Å²) in [5.74, 6) is -1.44. The molecule has 0 atom stereocenters. The van der Waals surface area contributed by atoms with Crippen LogP contribution in [-0.4, -0.2) is 38.0 Å². The molecule has 31 heavy (non-hydrogen) atoms. The Morgan fingerprint density at radius 1 is 1.13 bits per heavy atom. The fourth-order valence-corrected chi connectivity index (χ4v) is 4.29. The molecule has 0 bridgehead atoms. The van der Waals surface area contributed by atoms with Crippen LogP contribution in [0.25, 0.3) is 10.1 Å². The lowest BCUT2D eigenvalue weighted by atomic mass is 10.2. The molecule has 0 aliphatic carbocycles. The number of nitrogens with one attached hydrogen (secondary N) is 2. The van der Waals surface area contributed by atoms with Crippen molar-refractivity contribution in [3.63, 3.8) is 0 Å². The zero-order valence-corrected chi connectivity index (χ0v) is 18.9. The molecule has 0 unspecified atom stereocenters. The molecule has 0 saturated heterocycles. The van der Waals surface area contributed by atoms with Gasteiger partial charge in [-0.15, -0.1) is 11.3 Å². The number of carbonyl (C=O) groups excluding carboxylic acids is 3. The fraction of sp³-hybridized carbons (Fsp3) is 0.190. The van der Waals surface area contributed by atoms with Crippen molar-refractivity contribution in [3.8, 4) is 5.75 Å². The Labute approximate surface area is 192 Å². The average molecular weight is 481 g/mol. The van der Waals surface area contributed by atoms with Gasteiger partial charge < -0.3 is 20.1 Å². The molecule has 0 aliphatic rings. The van der Waals surface area contributed by atoms with Crippen molar-refractivity contribution in [2.75, 3.05) is 25.6 Å². The summed E-state index contributed by atoms with van der Waals surface area (Å²) in [6.07, 6.45) is 0. The lowest BCUT2D eigenvalue weighted by molar-refractivity contribution is -0.146. The van der Waals surface area contributed by atoms with Gasteiger partial charge in [-0.3, -0.25) is 14.4 Å². The second-order valence-electron chi connectivity index (χ2n) is 6.43. The number of aryl methyl sites for hydroxylation is 1. The smallest absolute Gasteiger partial charge is 0.325 e. The van der Waals surface area contributed by atoms with Gasteiger partial charge in [0, 0.05) is 21.2 Å². The highest BCUT2D eigenvalue weighted by Gasteiger charge is 2.18. The van der Waals surface area contributed by atoms with E-state index in [0.717, 1.165) is 15.6 Å². The van der Waals surface area contributed by atoms with Crippen molar-refractivity contribution in [2.45, 2.75) is 6.92 Å². The van der Waals surface area contributed by atoms with E-state index < -0.39 is 30.9 Å². The minimum absolute atomic E-state index is 0.304. The predicted octanol–water partition coefficient (Wildman–Crippen LogP) is 4.44. The molecule has 0 saturated carbocycles. The van der Waals surface area contributed by atoms with Crippen molar-refractivity contribution in [2.24, 2.45) is 0 Å². The van der Waals surface area contributed by atoms with Gasteiger partial charge in [-0.25, -0.2) is 0 Å². The third-order valence-electron chi connectivity index (χ3n) is 4.25. The minimum atomic E-state index is -0.764. The Hall–Kier alpha value is -2.81. The number of hydrogen-bond donors (Lipinski definition) is 2. The summed E-state index contributed by atoms with van der Waals surface area (Å²) in [6.45, 7) is 0.853. The first-order valence-electron chi connectivity index (χ1n) is 9.05. The molecule has 0 fully saturated rings. The third kappa shape index (κ3) is 5.46. The maximum Gasteiger partial charge on any atom is 0.325 e. The highest BCUT2D eigenvalue weighted by molar-refractivity contribution is 7.21. The van der Waals surface area contributed by atoms with Crippen molar-refractivity contribution in [1.82, 2.24) is 5.32 Å². The number of anilines is 1. The van der Waals surface area contributed by atoms with E-state index in [1.807, 2.05) is 24.3 Å². The summed E-state index contributed by atoms with van der Waals surface area (Å²) in [5.41, 5.74) is 1.15. The number of carbonyl (C=O) groups is 3. The van der Waals surface area contributed by atoms with E-state index in [2.05, 4.69) is 10.6 Å². The van der Waals surface area contributed by atoms with Crippen molar-refractivity contribution >= 4 is 68.1 Å². The first-order chi connectivity index (χ1) is 14.8. The van der Waals surface area contributed by atoms with Crippen LogP contribution in [0.4, 0.5) is 5.69 Å². The van der Waals surface area contributed by atoms with Gasteiger partial charge in [0.15, 0.2) is 6.61 Å². The van der Waals surface area contributed by atoms with Gasteiger partial charge in [-0.2, -0.15) is 0 Å². The zero-order valence-electron chi connectivity index (χ0n) is 16.6. The van der Waals surface area contributed by atoms with Gasteiger partial charge in [0.25, 0.3) is 11.8 Å². The Kier molecular flexibility index (Phi) is 7.37. The zero-order chi connectivity index (χ0) is 22.5. The van der Waals surface area contributed by atoms with Crippen LogP contribution in [0.1, 0.15) is 15.2 Å². The first-order valence-corrected chi connectivity index (χ1v) is 10.6. The SMILES string of the molecule is COc1cc(Cl)c(C)cc1NC(=O)COC(=O)CNC(=O)c1sc2ccccc2c1Cl. The summed E-state index contributed by atoms with van der Waals surface area (Å²) >= 11 is 13.5. The Bertz CT molecular complexity index is 1160. The van der Waals surface area contributed by atoms with Crippen molar-refractivity contribution in [3.05, 3.63) is 56.9 Å². The standard InChI is InChI=1S/C21H18Cl2N2O5S/c1-11-7-14(15(29-2)8-13(11)22)25-17(26)10-30-18(27)9-24-21(28)20-19(23)12-5-3-4-6-16(12)31-20/h3-8H,9-10H2,1-2H3,(H,24,28)(H,25,26). The molecular weight excluding hydrogens is 463 g/mol. The number of thiophene rings is 1. The lowest BCUT2D eigenvalue weighted by Gasteiger charge is -2.12. The summed E-state index contributed by atoms with van der Waals surface area (Å²) in [6, 6.07) is 10.6. The molecule has 3 rings (SSSR count). The summed E-state index contributed by atoms with van der Waals surface area (Å²) < 4.78 is 11.0. The highest BCUT2D eigenvalue weighted by Crippen LogP contribution is 2.35. The van der Waals surface area contributed by atoms with Crippen LogP contribution in [0.3, 0.4) is 0 Å². The van der Waals surface area contributed by atoms with E-state index in [1.54, 1.807) is 19.1 Å². The van der Waals surface area contributed by atoms with Crippen LogP contribution >= 0.6 is 34.5 Å². The number of amides is 2. The molecule has 2 amide bonds. The van der Waals surface area contributed by atoms with Gasteiger partial charge in [0.1, 0.15) is 17.2 Å². The molecule has 10 heteroatoms. The largest absolute Gasteiger partial charge is 0.495 e. The number of fused-ring (bicyclic) bond motifs is 1. The number of ether oxygens (including phenoxy) is 2. The predicted molar refractivity (Wildman–Crippen MR) is 121 cm³/mol. The normalized spacial score (nSPS) is 10.6. The average Bonchev–Trinajstić information content (AvgIpc) is 3.09. The van der Waals surface area contributed by atoms with Crippen molar-refractivity contribution in [1.29, 1.82) is 0 Å². The summed E-state index contributed by atoms with van der Waals surface area (Å²) in [7, 11) is 1.45. The van der Waals surface area contributed by atoms with E-state index in [1.165, 1.54) is 18.4 Å². The van der Waals surface area contributed by atoms with E-state index >= 15 is 0 Å². The number of methoxy groups -OCH3 is 1. The van der Waals surface area contributed by atoms with E-state index in [4.69, 9.17) is 32.7 Å². The number of benzene rings is 2. The molecule has 2 aromatic carbocycles. The van der Waals surface area contributed by atoms with Crippen LogP contribution in [-0.2, 0) is 14.3 Å². The lowest BCUT2D eigenvalue weighted by Crippen LogP contribution is -2.32. The number of rotatable bonds is 7. The topological polar surface area (TPSA) is 93.7 Å². The molecule has 162 valence electrons.